The minimum absolute atomic E-state index is 0.508. The molecule has 0 fully saturated rings. The third-order valence-electron chi connectivity index (χ3n) is 2.09. The molecule has 0 aliphatic heterocycles. The number of nitrogen functional groups attached to an aromatic ring is 1. The van der Waals surface area contributed by atoms with Crippen molar-refractivity contribution < 1.29 is 4.74 Å². The first kappa shape index (κ1) is 12.4. The molecule has 5 heteroatoms. The van der Waals surface area contributed by atoms with Crippen molar-refractivity contribution in [2.75, 3.05) is 12.0 Å². The molecule has 0 saturated carbocycles. The summed E-state index contributed by atoms with van der Waals surface area (Å²) in [5, 5.41) is 0. The lowest BCUT2D eigenvalue weighted by Gasteiger charge is -2.11. The van der Waals surface area contributed by atoms with E-state index in [0.29, 0.717) is 18.3 Å². The fourth-order valence-electron chi connectivity index (χ4n) is 1.34. The Morgan fingerprint density at radius 2 is 2.31 bits per heavy atom. The molecule has 0 saturated heterocycles. The van der Waals surface area contributed by atoms with E-state index in [0.717, 1.165) is 18.4 Å². The predicted octanol–water partition coefficient (Wildman–Crippen LogP) is 1.67. The molecule has 0 unspecified atom stereocenters. The minimum Gasteiger partial charge on any atom is -0.473 e. The maximum Gasteiger partial charge on any atom is 0.222 e. The van der Waals surface area contributed by atoms with E-state index in [4.69, 9.17) is 10.6 Å². The van der Waals surface area contributed by atoms with Gasteiger partial charge >= 0.3 is 0 Å². The summed E-state index contributed by atoms with van der Waals surface area (Å²) in [6, 6.07) is 0. The summed E-state index contributed by atoms with van der Waals surface area (Å²) in [7, 11) is 0. The quantitative estimate of drug-likeness (QED) is 0.435. The zero-order chi connectivity index (χ0) is 11.8. The number of nitrogens with zero attached hydrogens (tertiary/aromatic N) is 2. The largest absolute Gasteiger partial charge is 0.473 e. The molecule has 0 aromatic carbocycles. The van der Waals surface area contributed by atoms with Crippen molar-refractivity contribution in [3.63, 3.8) is 0 Å². The summed E-state index contributed by atoms with van der Waals surface area (Å²) in [4.78, 5) is 8.17. The van der Waals surface area contributed by atoms with Gasteiger partial charge in [0.15, 0.2) is 0 Å². The molecule has 0 amide bonds. The molecule has 1 heterocycles. The molecule has 88 valence electrons. The number of hydrogen-bond acceptors (Lipinski definition) is 5. The molecular formula is C11H18N4O. The Bertz CT molecular complexity index is 352. The van der Waals surface area contributed by atoms with Crippen molar-refractivity contribution in [1.82, 2.24) is 9.97 Å². The third kappa shape index (κ3) is 3.20. The van der Waals surface area contributed by atoms with Gasteiger partial charge in [0.1, 0.15) is 18.8 Å². The average molecular weight is 222 g/mol. The van der Waals surface area contributed by atoms with Crippen LogP contribution in [-0.2, 0) is 6.42 Å². The van der Waals surface area contributed by atoms with E-state index in [9.17, 15) is 0 Å². The van der Waals surface area contributed by atoms with Gasteiger partial charge in [0.2, 0.25) is 5.88 Å². The van der Waals surface area contributed by atoms with E-state index in [2.05, 4.69) is 22.3 Å². The van der Waals surface area contributed by atoms with E-state index in [1.165, 1.54) is 6.33 Å². The predicted molar refractivity (Wildman–Crippen MR) is 64.1 cm³/mol. The highest BCUT2D eigenvalue weighted by Crippen LogP contribution is 2.22. The van der Waals surface area contributed by atoms with E-state index in [1.54, 1.807) is 0 Å². The summed E-state index contributed by atoms with van der Waals surface area (Å²) in [6.45, 7) is 4.54. The van der Waals surface area contributed by atoms with Crippen LogP contribution in [0.2, 0.25) is 0 Å². The van der Waals surface area contributed by atoms with Gasteiger partial charge in [-0.05, 0) is 13.3 Å². The minimum atomic E-state index is 0.508. The van der Waals surface area contributed by atoms with Crippen LogP contribution < -0.4 is 16.0 Å². The van der Waals surface area contributed by atoms with Crippen molar-refractivity contribution in [1.29, 1.82) is 0 Å². The number of hydrogen-bond donors (Lipinski definition) is 2. The lowest BCUT2D eigenvalue weighted by molar-refractivity contribution is 0.343. The number of anilines is 1. The summed E-state index contributed by atoms with van der Waals surface area (Å²) in [5.41, 5.74) is 3.49. The highest BCUT2D eigenvalue weighted by Gasteiger charge is 2.10. The van der Waals surface area contributed by atoms with Crippen LogP contribution >= 0.6 is 0 Å². The first-order valence-electron chi connectivity index (χ1n) is 5.37. The molecule has 0 spiro atoms. The van der Waals surface area contributed by atoms with E-state index >= 15 is 0 Å². The molecule has 0 aliphatic carbocycles. The molecular weight excluding hydrogens is 204 g/mol. The molecule has 0 bridgehead atoms. The molecule has 0 atom stereocenters. The lowest BCUT2D eigenvalue weighted by atomic mass is 10.2. The topological polar surface area (TPSA) is 73.1 Å². The van der Waals surface area contributed by atoms with Crippen LogP contribution in [0.3, 0.4) is 0 Å². The van der Waals surface area contributed by atoms with Crippen LogP contribution in [0.4, 0.5) is 5.82 Å². The van der Waals surface area contributed by atoms with E-state index in [-0.39, 0.29) is 0 Å². The summed E-state index contributed by atoms with van der Waals surface area (Å²) >= 11 is 0. The molecule has 0 radical (unpaired) electrons. The molecule has 1 aromatic heterocycles. The average Bonchev–Trinajstić information content (AvgIpc) is 2.31. The monoisotopic (exact) mass is 222 g/mol. The van der Waals surface area contributed by atoms with Crippen LogP contribution in [0.25, 0.3) is 0 Å². The molecule has 1 rings (SSSR count). The Kier molecular flexibility index (Phi) is 5.28. The Labute approximate surface area is 95.7 Å². The van der Waals surface area contributed by atoms with Gasteiger partial charge in [0.05, 0.1) is 5.56 Å². The first-order valence-corrected chi connectivity index (χ1v) is 5.37. The van der Waals surface area contributed by atoms with Gasteiger partial charge in [-0.3, -0.25) is 0 Å². The highest BCUT2D eigenvalue weighted by atomic mass is 16.5. The van der Waals surface area contributed by atoms with Crippen LogP contribution in [0.15, 0.2) is 18.5 Å². The summed E-state index contributed by atoms with van der Waals surface area (Å²) in [6.07, 6.45) is 7.13. The molecule has 16 heavy (non-hydrogen) atoms. The first-order chi connectivity index (χ1) is 7.83. The molecule has 1 aromatic rings. The van der Waals surface area contributed by atoms with Gasteiger partial charge in [-0.1, -0.05) is 25.5 Å². The second kappa shape index (κ2) is 6.79. The Hall–Kier alpha value is -1.62. The molecule has 0 aliphatic rings. The van der Waals surface area contributed by atoms with Crippen molar-refractivity contribution in [3.05, 3.63) is 24.0 Å². The second-order valence-electron chi connectivity index (χ2n) is 3.28. The number of nitrogens with two attached hydrogens (primary N) is 1. The Morgan fingerprint density at radius 3 is 2.94 bits per heavy atom. The SMILES string of the molecule is C/C=C/COc1ncnc(NN)c1CCC. The zero-order valence-electron chi connectivity index (χ0n) is 9.73. The van der Waals surface area contributed by atoms with E-state index in [1.807, 2.05) is 19.1 Å². The van der Waals surface area contributed by atoms with Crippen LogP contribution in [-0.4, -0.2) is 16.6 Å². The van der Waals surface area contributed by atoms with Gasteiger partial charge in [0.25, 0.3) is 0 Å². The summed E-state index contributed by atoms with van der Waals surface area (Å²) in [5.74, 6) is 6.63. The normalized spacial score (nSPS) is 10.7. The van der Waals surface area contributed by atoms with Gasteiger partial charge in [-0.25, -0.2) is 15.8 Å². The zero-order valence-corrected chi connectivity index (χ0v) is 9.73. The number of nitrogens with one attached hydrogen (secondary N) is 1. The number of aromatic nitrogens is 2. The number of rotatable bonds is 6. The molecule has 5 nitrogen and oxygen atoms in total. The van der Waals surface area contributed by atoms with Gasteiger partial charge in [-0.15, -0.1) is 0 Å². The maximum atomic E-state index is 5.54. The van der Waals surface area contributed by atoms with Crippen molar-refractivity contribution in [3.8, 4) is 5.88 Å². The fourth-order valence-corrected chi connectivity index (χ4v) is 1.34. The smallest absolute Gasteiger partial charge is 0.222 e. The van der Waals surface area contributed by atoms with Gasteiger partial charge in [0, 0.05) is 0 Å². The number of hydrazine groups is 1. The highest BCUT2D eigenvalue weighted by molar-refractivity contribution is 5.47. The molecule has 3 N–H and O–H groups in total. The van der Waals surface area contributed by atoms with E-state index < -0.39 is 0 Å². The van der Waals surface area contributed by atoms with Crippen LogP contribution in [0.1, 0.15) is 25.8 Å². The van der Waals surface area contributed by atoms with Crippen molar-refractivity contribution in [2.24, 2.45) is 5.84 Å². The van der Waals surface area contributed by atoms with Crippen LogP contribution in [0, 0.1) is 0 Å². The van der Waals surface area contributed by atoms with Gasteiger partial charge in [-0.2, -0.15) is 0 Å². The number of allylic oxidation sites excluding steroid dienone is 1. The Balaban J connectivity index is 2.87. The maximum absolute atomic E-state index is 5.54. The van der Waals surface area contributed by atoms with Crippen molar-refractivity contribution >= 4 is 5.82 Å². The lowest BCUT2D eigenvalue weighted by Crippen LogP contribution is -2.13. The summed E-state index contributed by atoms with van der Waals surface area (Å²) < 4.78 is 5.54. The number of ether oxygens (including phenoxy) is 1. The van der Waals surface area contributed by atoms with Crippen LogP contribution in [0.5, 0.6) is 5.88 Å². The third-order valence-corrected chi connectivity index (χ3v) is 2.09. The fraction of sp³-hybridized carbons (Fsp3) is 0.455. The van der Waals surface area contributed by atoms with Gasteiger partial charge < -0.3 is 10.2 Å². The standard InChI is InChI=1S/C11H18N4O/c1-3-5-7-16-11-9(6-4-2)10(15-12)13-8-14-11/h3,5,8H,4,6-7,12H2,1-2H3,(H,13,14,15)/b5-3+. The Morgan fingerprint density at radius 1 is 1.50 bits per heavy atom. The van der Waals surface area contributed by atoms with Crippen molar-refractivity contribution in [2.45, 2.75) is 26.7 Å². The second-order valence-corrected chi connectivity index (χ2v) is 3.28.